The largest absolute Gasteiger partial charge is 0.459 e. The van der Waals surface area contributed by atoms with Crippen LogP contribution in [0.5, 0.6) is 0 Å². The number of hydrogen-bond donors (Lipinski definition) is 2. The van der Waals surface area contributed by atoms with Crippen molar-refractivity contribution >= 4 is 5.97 Å². The van der Waals surface area contributed by atoms with E-state index in [0.717, 1.165) is 0 Å². The average molecular weight is 230 g/mol. The quantitative estimate of drug-likeness (QED) is 0.646. The molecule has 0 saturated carbocycles. The molecule has 2 N–H and O–H groups in total. The molecule has 0 bridgehead atoms. The Morgan fingerprint density at radius 2 is 2.12 bits per heavy atom. The number of likely N-dealkylation sites (N-methyl/N-ethyl adjacent to an activating group) is 1. The van der Waals surface area contributed by atoms with E-state index in [9.17, 15) is 9.90 Å². The third kappa shape index (κ3) is 4.08. The number of aliphatic hydroxyl groups is 1. The van der Waals surface area contributed by atoms with Gasteiger partial charge in [0.05, 0.1) is 12.6 Å². The monoisotopic (exact) mass is 230 g/mol. The van der Waals surface area contributed by atoms with Crippen LogP contribution in [-0.2, 0) is 9.53 Å². The van der Waals surface area contributed by atoms with Gasteiger partial charge in [-0.3, -0.25) is 9.69 Å². The molecular weight excluding hydrogens is 208 g/mol. The van der Waals surface area contributed by atoms with E-state index in [1.54, 1.807) is 0 Å². The minimum Gasteiger partial charge on any atom is -0.459 e. The van der Waals surface area contributed by atoms with Gasteiger partial charge in [0.2, 0.25) is 0 Å². The van der Waals surface area contributed by atoms with Crippen molar-refractivity contribution < 1.29 is 14.6 Å². The summed E-state index contributed by atoms with van der Waals surface area (Å²) in [6.45, 7) is 7.04. The van der Waals surface area contributed by atoms with Crippen LogP contribution < -0.4 is 5.32 Å². The van der Waals surface area contributed by atoms with Crippen molar-refractivity contribution in [2.45, 2.75) is 38.5 Å². The summed E-state index contributed by atoms with van der Waals surface area (Å²) >= 11 is 0. The third-order valence-electron chi connectivity index (χ3n) is 2.52. The van der Waals surface area contributed by atoms with Crippen LogP contribution in [0, 0.1) is 0 Å². The first-order valence-corrected chi connectivity index (χ1v) is 5.60. The third-order valence-corrected chi connectivity index (χ3v) is 2.52. The number of ether oxygens (including phenoxy) is 1. The van der Waals surface area contributed by atoms with Gasteiger partial charge in [-0.05, 0) is 27.8 Å². The molecule has 0 amide bonds. The molecule has 0 spiro atoms. The molecule has 5 heteroatoms. The Morgan fingerprint density at radius 1 is 1.50 bits per heavy atom. The number of carbonyl (C=O) groups excluding carboxylic acids is 1. The molecule has 2 atom stereocenters. The van der Waals surface area contributed by atoms with Crippen molar-refractivity contribution in [3.05, 3.63) is 0 Å². The van der Waals surface area contributed by atoms with E-state index in [2.05, 4.69) is 5.32 Å². The van der Waals surface area contributed by atoms with E-state index in [1.807, 2.05) is 32.7 Å². The zero-order chi connectivity index (χ0) is 12.3. The zero-order valence-electron chi connectivity index (χ0n) is 10.5. The van der Waals surface area contributed by atoms with Crippen molar-refractivity contribution in [1.82, 2.24) is 10.2 Å². The van der Waals surface area contributed by atoms with E-state index >= 15 is 0 Å². The fourth-order valence-corrected chi connectivity index (χ4v) is 1.80. The SMILES string of the molecule is CN(CC(=O)OC(C)(C)C)[C@@H]1CNC[C@@H]1O. The molecule has 1 rings (SSSR count). The summed E-state index contributed by atoms with van der Waals surface area (Å²) in [6, 6.07) is -0.00693. The summed E-state index contributed by atoms with van der Waals surface area (Å²) in [7, 11) is 1.82. The minimum absolute atomic E-state index is 0.00693. The summed E-state index contributed by atoms with van der Waals surface area (Å²) in [5.74, 6) is -0.255. The maximum absolute atomic E-state index is 11.6. The molecule has 16 heavy (non-hydrogen) atoms. The Bertz CT molecular complexity index is 250. The highest BCUT2D eigenvalue weighted by Gasteiger charge is 2.30. The summed E-state index contributed by atoms with van der Waals surface area (Å²) in [5.41, 5.74) is -0.454. The molecule has 1 fully saturated rings. The molecule has 0 unspecified atom stereocenters. The number of rotatable bonds is 3. The van der Waals surface area contributed by atoms with Gasteiger partial charge in [-0.25, -0.2) is 0 Å². The van der Waals surface area contributed by atoms with Gasteiger partial charge >= 0.3 is 5.97 Å². The lowest BCUT2D eigenvalue weighted by molar-refractivity contribution is -0.156. The summed E-state index contributed by atoms with van der Waals surface area (Å²) < 4.78 is 5.22. The van der Waals surface area contributed by atoms with Gasteiger partial charge < -0.3 is 15.2 Å². The molecule has 1 heterocycles. The van der Waals surface area contributed by atoms with E-state index in [4.69, 9.17) is 4.74 Å². The van der Waals surface area contributed by atoms with Crippen molar-refractivity contribution in [3.63, 3.8) is 0 Å². The highest BCUT2D eigenvalue weighted by Crippen LogP contribution is 2.10. The lowest BCUT2D eigenvalue weighted by Gasteiger charge is -2.27. The molecule has 94 valence electrons. The number of carbonyl (C=O) groups is 1. The second-order valence-corrected chi connectivity index (χ2v) is 5.29. The highest BCUT2D eigenvalue weighted by atomic mass is 16.6. The molecule has 0 aromatic rings. The minimum atomic E-state index is -0.454. The number of aliphatic hydroxyl groups excluding tert-OH is 1. The predicted octanol–water partition coefficient (Wildman–Crippen LogP) is -0.407. The van der Waals surface area contributed by atoms with E-state index in [1.165, 1.54) is 0 Å². The topological polar surface area (TPSA) is 61.8 Å². The molecule has 0 aromatic heterocycles. The Labute approximate surface area is 96.8 Å². The Balaban J connectivity index is 2.39. The lowest BCUT2D eigenvalue weighted by Crippen LogP contribution is -2.44. The molecule has 0 radical (unpaired) electrons. The Hall–Kier alpha value is -0.650. The first-order chi connectivity index (χ1) is 7.29. The molecular formula is C11H22N2O3. The standard InChI is InChI=1S/C11H22N2O3/c1-11(2,3)16-10(15)7-13(4)8-5-12-6-9(8)14/h8-9,12,14H,5-7H2,1-4H3/t8-,9+/m1/s1. The fraction of sp³-hybridized carbons (Fsp3) is 0.909. The van der Waals surface area contributed by atoms with E-state index < -0.39 is 11.7 Å². The second-order valence-electron chi connectivity index (χ2n) is 5.29. The normalized spacial score (nSPS) is 26.1. The Kier molecular flexibility index (Phi) is 4.29. The van der Waals surface area contributed by atoms with Crippen molar-refractivity contribution in [2.24, 2.45) is 0 Å². The van der Waals surface area contributed by atoms with Gasteiger partial charge in [0.1, 0.15) is 5.60 Å². The van der Waals surface area contributed by atoms with E-state index in [0.29, 0.717) is 13.1 Å². The fourth-order valence-electron chi connectivity index (χ4n) is 1.80. The van der Waals surface area contributed by atoms with Gasteiger partial charge in [0.15, 0.2) is 0 Å². The van der Waals surface area contributed by atoms with Crippen LogP contribution in [-0.4, -0.2) is 60.4 Å². The van der Waals surface area contributed by atoms with Crippen molar-refractivity contribution in [2.75, 3.05) is 26.7 Å². The smallest absolute Gasteiger partial charge is 0.320 e. The Morgan fingerprint density at radius 3 is 2.56 bits per heavy atom. The lowest BCUT2D eigenvalue weighted by atomic mass is 10.2. The number of nitrogens with one attached hydrogen (secondary N) is 1. The number of nitrogens with zero attached hydrogens (tertiary/aromatic N) is 1. The van der Waals surface area contributed by atoms with Crippen LogP contribution in [0.25, 0.3) is 0 Å². The van der Waals surface area contributed by atoms with Gasteiger partial charge in [-0.2, -0.15) is 0 Å². The molecule has 1 aliphatic rings. The molecule has 5 nitrogen and oxygen atoms in total. The van der Waals surface area contributed by atoms with Gasteiger partial charge in [-0.1, -0.05) is 0 Å². The van der Waals surface area contributed by atoms with Gasteiger partial charge in [0.25, 0.3) is 0 Å². The van der Waals surface area contributed by atoms with Crippen LogP contribution in [0.4, 0.5) is 0 Å². The van der Waals surface area contributed by atoms with Crippen LogP contribution >= 0.6 is 0 Å². The van der Waals surface area contributed by atoms with Crippen molar-refractivity contribution in [3.8, 4) is 0 Å². The molecule has 1 saturated heterocycles. The number of esters is 1. The first-order valence-electron chi connectivity index (χ1n) is 5.60. The zero-order valence-corrected chi connectivity index (χ0v) is 10.5. The van der Waals surface area contributed by atoms with Gasteiger partial charge in [-0.15, -0.1) is 0 Å². The van der Waals surface area contributed by atoms with Crippen molar-refractivity contribution in [1.29, 1.82) is 0 Å². The number of β-amino-alcohol motifs (C(OH)–C–C–N with tert-alkyl or cyclic N) is 1. The van der Waals surface area contributed by atoms with Crippen LogP contribution in [0.1, 0.15) is 20.8 Å². The summed E-state index contributed by atoms with van der Waals surface area (Å²) in [5, 5.41) is 12.7. The molecule has 1 aliphatic heterocycles. The van der Waals surface area contributed by atoms with E-state index in [-0.39, 0.29) is 18.6 Å². The predicted molar refractivity (Wildman–Crippen MR) is 61.1 cm³/mol. The molecule has 0 aliphatic carbocycles. The van der Waals surface area contributed by atoms with Crippen LogP contribution in [0.2, 0.25) is 0 Å². The number of hydrogen-bond acceptors (Lipinski definition) is 5. The van der Waals surface area contributed by atoms with Crippen LogP contribution in [0.15, 0.2) is 0 Å². The summed E-state index contributed by atoms with van der Waals surface area (Å²) in [4.78, 5) is 13.4. The van der Waals surface area contributed by atoms with Crippen LogP contribution in [0.3, 0.4) is 0 Å². The maximum Gasteiger partial charge on any atom is 0.320 e. The summed E-state index contributed by atoms with van der Waals surface area (Å²) in [6.07, 6.45) is -0.410. The average Bonchev–Trinajstić information content (AvgIpc) is 2.47. The van der Waals surface area contributed by atoms with Gasteiger partial charge in [0, 0.05) is 19.1 Å². The second kappa shape index (κ2) is 5.12. The first kappa shape index (κ1) is 13.4. The maximum atomic E-state index is 11.6. The molecule has 0 aromatic carbocycles. The highest BCUT2D eigenvalue weighted by molar-refractivity contribution is 5.72.